The minimum absolute atomic E-state index is 0.160. The third kappa shape index (κ3) is 5.85. The van der Waals surface area contributed by atoms with Crippen molar-refractivity contribution in [3.63, 3.8) is 0 Å². The Bertz CT molecular complexity index is 524. The molecular weight excluding hydrogens is 300 g/mol. The van der Waals surface area contributed by atoms with Crippen LogP contribution in [0.2, 0.25) is 0 Å². The molecule has 2 atom stereocenters. The minimum Gasteiger partial charge on any atom is -0.508 e. The molecule has 0 heterocycles. The fourth-order valence-corrected chi connectivity index (χ4v) is 3.56. The summed E-state index contributed by atoms with van der Waals surface area (Å²) in [5, 5.41) is 10.3. The number of phenols is 1. The summed E-state index contributed by atoms with van der Waals surface area (Å²) in [6, 6.07) is 5.58. The molecule has 2 unspecified atom stereocenters. The molecule has 0 spiro atoms. The van der Waals surface area contributed by atoms with Crippen LogP contribution in [-0.2, 0) is 4.79 Å². The van der Waals surface area contributed by atoms with Gasteiger partial charge < -0.3 is 9.84 Å². The molecule has 0 bridgehead atoms. The molecule has 1 aliphatic carbocycles. The van der Waals surface area contributed by atoms with Crippen molar-refractivity contribution in [2.45, 2.75) is 90.1 Å². The summed E-state index contributed by atoms with van der Waals surface area (Å²) in [4.78, 5) is 11.6. The number of hydrogen-bond acceptors (Lipinski definition) is 3. The van der Waals surface area contributed by atoms with E-state index in [9.17, 15) is 9.90 Å². The van der Waals surface area contributed by atoms with Gasteiger partial charge in [-0.15, -0.1) is 0 Å². The number of hydrogen-bond donors (Lipinski definition) is 1. The van der Waals surface area contributed by atoms with E-state index in [-0.39, 0.29) is 17.8 Å². The van der Waals surface area contributed by atoms with E-state index in [1.165, 1.54) is 32.1 Å². The highest BCUT2D eigenvalue weighted by atomic mass is 16.5. The molecule has 3 heteroatoms. The quantitative estimate of drug-likeness (QED) is 0.586. The highest BCUT2D eigenvalue weighted by molar-refractivity contribution is 5.80. The Hall–Kier alpha value is -1.51. The van der Waals surface area contributed by atoms with Crippen molar-refractivity contribution in [1.82, 2.24) is 0 Å². The van der Waals surface area contributed by atoms with Crippen LogP contribution in [0.25, 0.3) is 0 Å². The van der Waals surface area contributed by atoms with Gasteiger partial charge in [-0.2, -0.15) is 0 Å². The van der Waals surface area contributed by atoms with E-state index >= 15 is 0 Å². The normalized spacial score (nSPS) is 19.2. The second kappa shape index (κ2) is 9.71. The van der Waals surface area contributed by atoms with E-state index in [1.807, 2.05) is 12.1 Å². The maximum atomic E-state index is 11.6. The smallest absolute Gasteiger partial charge is 0.133 e. The lowest BCUT2D eigenvalue weighted by molar-refractivity contribution is -0.120. The van der Waals surface area contributed by atoms with E-state index in [0.29, 0.717) is 18.6 Å². The zero-order valence-electron chi connectivity index (χ0n) is 15.2. The average Bonchev–Trinajstić information content (AvgIpc) is 2.55. The van der Waals surface area contributed by atoms with Gasteiger partial charge in [-0.25, -0.2) is 0 Å². The van der Waals surface area contributed by atoms with Crippen LogP contribution < -0.4 is 4.74 Å². The predicted octanol–water partition coefficient (Wildman–Crippen LogP) is 5.75. The van der Waals surface area contributed by atoms with Crippen LogP contribution >= 0.6 is 0 Å². The van der Waals surface area contributed by atoms with Crippen LogP contribution in [0, 0.1) is 0 Å². The number of carbonyl (C=O) groups excluding carboxylic acids is 1. The molecule has 1 saturated carbocycles. The highest BCUT2D eigenvalue weighted by Crippen LogP contribution is 2.37. The first-order valence-corrected chi connectivity index (χ1v) is 9.61. The van der Waals surface area contributed by atoms with E-state index < -0.39 is 0 Å². The lowest BCUT2D eigenvalue weighted by atomic mass is 9.83. The van der Waals surface area contributed by atoms with Crippen LogP contribution in [0.15, 0.2) is 18.2 Å². The average molecular weight is 332 g/mol. The summed E-state index contributed by atoms with van der Waals surface area (Å²) in [6.45, 7) is 4.32. The van der Waals surface area contributed by atoms with E-state index in [4.69, 9.17) is 4.74 Å². The lowest BCUT2D eigenvalue weighted by Gasteiger charge is -2.22. The van der Waals surface area contributed by atoms with E-state index in [2.05, 4.69) is 13.8 Å². The summed E-state index contributed by atoms with van der Waals surface area (Å²) in [7, 11) is 0. The Labute approximate surface area is 146 Å². The van der Waals surface area contributed by atoms with Crippen LogP contribution in [0.4, 0.5) is 0 Å². The van der Waals surface area contributed by atoms with Gasteiger partial charge in [-0.1, -0.05) is 38.7 Å². The van der Waals surface area contributed by atoms with Crippen molar-refractivity contribution < 1.29 is 14.6 Å². The molecule has 0 amide bonds. The van der Waals surface area contributed by atoms with Crippen LogP contribution in [0.5, 0.6) is 11.5 Å². The Morgan fingerprint density at radius 1 is 1.25 bits per heavy atom. The summed E-state index contributed by atoms with van der Waals surface area (Å²) < 4.78 is 5.94. The molecule has 2 rings (SSSR count). The van der Waals surface area contributed by atoms with Gasteiger partial charge in [0.15, 0.2) is 0 Å². The Kier molecular flexibility index (Phi) is 7.61. The van der Waals surface area contributed by atoms with Crippen LogP contribution in [0.1, 0.15) is 89.5 Å². The largest absolute Gasteiger partial charge is 0.508 e. The first-order valence-electron chi connectivity index (χ1n) is 9.61. The second-order valence-corrected chi connectivity index (χ2v) is 7.18. The number of ether oxygens (including phenoxy) is 1. The monoisotopic (exact) mass is 332 g/mol. The second-order valence-electron chi connectivity index (χ2n) is 7.18. The molecule has 3 nitrogen and oxygen atoms in total. The summed E-state index contributed by atoms with van der Waals surface area (Å²) in [5.41, 5.74) is 0.891. The molecular formula is C21H32O3. The topological polar surface area (TPSA) is 46.5 Å². The van der Waals surface area contributed by atoms with Crippen molar-refractivity contribution in [1.29, 1.82) is 0 Å². The number of carbonyl (C=O) groups is 1. The highest BCUT2D eigenvalue weighted by Gasteiger charge is 2.23. The molecule has 0 radical (unpaired) electrons. The zero-order valence-corrected chi connectivity index (χ0v) is 15.2. The van der Waals surface area contributed by atoms with Crippen molar-refractivity contribution in [2.75, 3.05) is 0 Å². The number of ketones is 1. The van der Waals surface area contributed by atoms with Gasteiger partial charge >= 0.3 is 0 Å². The van der Waals surface area contributed by atoms with E-state index in [0.717, 1.165) is 30.6 Å². The van der Waals surface area contributed by atoms with Gasteiger partial charge in [0.1, 0.15) is 17.3 Å². The molecule has 24 heavy (non-hydrogen) atoms. The Morgan fingerprint density at radius 3 is 2.75 bits per heavy atom. The van der Waals surface area contributed by atoms with Crippen molar-refractivity contribution in [2.24, 2.45) is 0 Å². The number of phenolic OH excluding ortho intramolecular Hbond substituents is 1. The van der Waals surface area contributed by atoms with Gasteiger partial charge in [0.25, 0.3) is 0 Å². The molecule has 1 N–H and O–H groups in total. The van der Waals surface area contributed by atoms with Crippen molar-refractivity contribution >= 4 is 5.78 Å². The molecule has 0 aromatic heterocycles. The predicted molar refractivity (Wildman–Crippen MR) is 97.8 cm³/mol. The number of rotatable bonds is 9. The Morgan fingerprint density at radius 2 is 2.04 bits per heavy atom. The summed E-state index contributed by atoms with van der Waals surface area (Å²) in [6.07, 6.45) is 10.7. The Balaban J connectivity index is 1.84. The van der Waals surface area contributed by atoms with Gasteiger partial charge in [0, 0.05) is 18.9 Å². The molecule has 1 aromatic rings. The number of aromatic hydroxyl groups is 1. The maximum Gasteiger partial charge on any atom is 0.133 e. The SMILES string of the molecule is CCCCCCCC(C)Oc1ccc(C2CCCC(=O)C2)c(O)c1. The fraction of sp³-hybridized carbons (Fsp3) is 0.667. The number of benzene rings is 1. The lowest BCUT2D eigenvalue weighted by Crippen LogP contribution is -2.14. The number of unbranched alkanes of at least 4 members (excludes halogenated alkanes) is 4. The third-order valence-corrected chi connectivity index (χ3v) is 4.98. The maximum absolute atomic E-state index is 11.6. The van der Waals surface area contributed by atoms with Gasteiger partial charge in [0.05, 0.1) is 6.10 Å². The first-order chi connectivity index (χ1) is 11.6. The zero-order chi connectivity index (χ0) is 17.4. The summed E-state index contributed by atoms with van der Waals surface area (Å²) >= 11 is 0. The minimum atomic E-state index is 0.160. The third-order valence-electron chi connectivity index (χ3n) is 4.98. The van der Waals surface area contributed by atoms with Gasteiger partial charge in [-0.05, 0) is 50.2 Å². The van der Waals surface area contributed by atoms with Crippen LogP contribution in [-0.4, -0.2) is 17.0 Å². The standard InChI is InChI=1S/C21H32O3/c1-3-4-5-6-7-9-16(2)24-19-12-13-20(21(23)15-19)17-10-8-11-18(22)14-17/h12-13,15-17,23H,3-11,14H2,1-2H3. The van der Waals surface area contributed by atoms with Crippen molar-refractivity contribution in [3.8, 4) is 11.5 Å². The van der Waals surface area contributed by atoms with Crippen molar-refractivity contribution in [3.05, 3.63) is 23.8 Å². The molecule has 1 aliphatic rings. The van der Waals surface area contributed by atoms with Crippen LogP contribution in [0.3, 0.4) is 0 Å². The summed E-state index contributed by atoms with van der Waals surface area (Å²) in [5.74, 6) is 1.46. The molecule has 0 aliphatic heterocycles. The van der Waals surface area contributed by atoms with Gasteiger partial charge in [0.2, 0.25) is 0 Å². The number of Topliss-reactive ketones (excluding diaryl/α,β-unsaturated/α-hetero) is 1. The molecule has 1 aromatic carbocycles. The molecule has 134 valence electrons. The molecule has 0 saturated heterocycles. The fourth-order valence-electron chi connectivity index (χ4n) is 3.56. The van der Waals surface area contributed by atoms with E-state index in [1.54, 1.807) is 6.07 Å². The van der Waals surface area contributed by atoms with Gasteiger partial charge in [-0.3, -0.25) is 4.79 Å². The molecule has 1 fully saturated rings. The first kappa shape index (κ1) is 18.8.